The zero-order valence-electron chi connectivity index (χ0n) is 26.0. The molecule has 5 nitrogen and oxygen atoms in total. The van der Waals surface area contributed by atoms with Gasteiger partial charge in [0.2, 0.25) is 0 Å². The molecule has 0 N–H and O–H groups in total. The Morgan fingerprint density at radius 1 is 0.778 bits per heavy atom. The smallest absolute Gasteiger partial charge is 0.509 e. The van der Waals surface area contributed by atoms with Crippen LogP contribution in [0.15, 0.2) is 103 Å². The van der Waals surface area contributed by atoms with Gasteiger partial charge in [0.25, 0.3) is 0 Å². The van der Waals surface area contributed by atoms with Crippen LogP contribution >= 0.6 is 0 Å². The normalized spacial score (nSPS) is 11.6. The van der Waals surface area contributed by atoms with Crippen LogP contribution in [0, 0.1) is 31.4 Å². The second kappa shape index (κ2) is 12.1. The summed E-state index contributed by atoms with van der Waals surface area (Å²) in [5.74, 6) is 2.07. The molecule has 0 aliphatic carbocycles. The number of ether oxygens (including phenoxy) is 1. The molecule has 0 aliphatic heterocycles. The fourth-order valence-electron chi connectivity index (χ4n) is 5.97. The number of aryl methyl sites for hydroxylation is 2. The van der Waals surface area contributed by atoms with Gasteiger partial charge < -0.3 is 9.30 Å². The van der Waals surface area contributed by atoms with E-state index >= 15 is 0 Å². The van der Waals surface area contributed by atoms with Crippen molar-refractivity contribution in [2.75, 3.05) is 0 Å². The maximum absolute atomic E-state index is 6.44. The summed E-state index contributed by atoms with van der Waals surface area (Å²) in [6, 6.07) is 40.1. The van der Waals surface area contributed by atoms with Gasteiger partial charge in [-0.05, 0) is 66.1 Å². The molecule has 3 heterocycles. The molecule has 0 radical (unpaired) electrons. The predicted molar refractivity (Wildman–Crippen MR) is 178 cm³/mol. The molecule has 7 aromatic rings. The van der Waals surface area contributed by atoms with Crippen molar-refractivity contribution in [1.82, 2.24) is 19.3 Å². The zero-order chi connectivity index (χ0) is 30.4. The van der Waals surface area contributed by atoms with Gasteiger partial charge in [0.15, 0.2) is 0 Å². The summed E-state index contributed by atoms with van der Waals surface area (Å²) in [6.45, 7) is 10.9. The first-order chi connectivity index (χ1) is 21.2. The molecule has 3 aromatic heterocycles. The molecule has 45 heavy (non-hydrogen) atoms. The van der Waals surface area contributed by atoms with E-state index in [1.54, 1.807) is 0 Å². The Hall–Kier alpha value is -4.47. The third-order valence-electron chi connectivity index (χ3n) is 7.80. The molecular formula is C39H34N4OPt. The number of fused-ring (bicyclic) bond motifs is 3. The molecule has 4 aromatic carbocycles. The van der Waals surface area contributed by atoms with E-state index in [4.69, 9.17) is 14.8 Å². The van der Waals surface area contributed by atoms with E-state index in [1.165, 1.54) is 11.1 Å². The number of hydrogen-bond acceptors (Lipinski definition) is 3. The summed E-state index contributed by atoms with van der Waals surface area (Å²) in [5, 5.41) is 7.27. The van der Waals surface area contributed by atoms with E-state index in [1.807, 2.05) is 47.3 Å². The third-order valence-corrected chi connectivity index (χ3v) is 7.80. The van der Waals surface area contributed by atoms with Crippen LogP contribution in [0.25, 0.3) is 44.4 Å². The van der Waals surface area contributed by atoms with Gasteiger partial charge >= 0.3 is 21.1 Å². The maximum atomic E-state index is 6.44. The Morgan fingerprint density at radius 3 is 2.31 bits per heavy atom. The monoisotopic (exact) mass is 769 g/mol. The van der Waals surface area contributed by atoms with Crippen LogP contribution in [0.5, 0.6) is 11.5 Å². The average Bonchev–Trinajstić information content (AvgIpc) is 3.50. The number of benzene rings is 4. The summed E-state index contributed by atoms with van der Waals surface area (Å²) in [6.07, 6.45) is 2.71. The van der Waals surface area contributed by atoms with Crippen LogP contribution < -0.4 is 4.74 Å². The Bertz CT molecular complexity index is 2140. The average molecular weight is 770 g/mol. The van der Waals surface area contributed by atoms with E-state index in [-0.39, 0.29) is 26.5 Å². The van der Waals surface area contributed by atoms with E-state index in [0.29, 0.717) is 11.5 Å². The summed E-state index contributed by atoms with van der Waals surface area (Å²) in [5.41, 5.74) is 8.56. The van der Waals surface area contributed by atoms with E-state index in [0.717, 1.165) is 56.7 Å². The largest absolute Gasteiger partial charge is 2.00 e. The molecule has 0 atom stereocenters. The SMILES string of the molecule is Cc1ccnc(-n2c3[c-]c(Oc4[c-]c(-n5nc(C)c(-c6ccccc6)c5CC(C)(C)C)ccc4)ccc3c3ccccc32)c1.[Pt+2]. The van der Waals surface area contributed by atoms with Gasteiger partial charge in [0.1, 0.15) is 5.82 Å². The molecule has 0 bridgehead atoms. The standard InChI is InChI=1S/C39H34N4O.Pt/c1-26-20-21-40-37(22-26)42-34-17-10-9-16-32(34)33-19-18-31(24-35(33)42)44-30-15-11-14-29(23-30)43-36(25-39(3,4)5)38(27(2)41-43)28-12-7-6-8-13-28;/h6-22H,25H2,1-5H3;/q-2;+2. The van der Waals surface area contributed by atoms with Crippen molar-refractivity contribution in [3.63, 3.8) is 0 Å². The minimum Gasteiger partial charge on any atom is -0.509 e. The van der Waals surface area contributed by atoms with Gasteiger partial charge in [-0.3, -0.25) is 4.68 Å². The van der Waals surface area contributed by atoms with Crippen molar-refractivity contribution in [3.05, 3.63) is 132 Å². The zero-order valence-corrected chi connectivity index (χ0v) is 28.3. The van der Waals surface area contributed by atoms with Crippen LogP contribution in [0.1, 0.15) is 37.7 Å². The van der Waals surface area contributed by atoms with Crippen LogP contribution in [-0.4, -0.2) is 19.3 Å². The van der Waals surface area contributed by atoms with Crippen LogP contribution in [-0.2, 0) is 27.5 Å². The van der Waals surface area contributed by atoms with Gasteiger partial charge in [-0.15, -0.1) is 35.7 Å². The van der Waals surface area contributed by atoms with Crippen molar-refractivity contribution in [3.8, 4) is 34.1 Å². The van der Waals surface area contributed by atoms with Gasteiger partial charge in [0.05, 0.1) is 11.4 Å². The fraction of sp³-hybridized carbons (Fsp3) is 0.179. The Kier molecular flexibility index (Phi) is 8.24. The van der Waals surface area contributed by atoms with Crippen LogP contribution in [0.4, 0.5) is 0 Å². The van der Waals surface area contributed by atoms with Gasteiger partial charge in [-0.2, -0.15) is 17.2 Å². The Balaban J connectivity index is 0.00000357. The van der Waals surface area contributed by atoms with E-state index in [2.05, 4.69) is 112 Å². The van der Waals surface area contributed by atoms with Gasteiger partial charge in [0, 0.05) is 28.8 Å². The van der Waals surface area contributed by atoms with Crippen molar-refractivity contribution in [2.24, 2.45) is 5.41 Å². The number of para-hydroxylation sites is 1. The maximum Gasteiger partial charge on any atom is 2.00 e. The van der Waals surface area contributed by atoms with Gasteiger partial charge in [-0.1, -0.05) is 74.8 Å². The topological polar surface area (TPSA) is 44.9 Å². The summed E-state index contributed by atoms with van der Waals surface area (Å²) < 4.78 is 10.6. The molecule has 226 valence electrons. The molecule has 0 saturated carbocycles. The summed E-state index contributed by atoms with van der Waals surface area (Å²) >= 11 is 0. The summed E-state index contributed by atoms with van der Waals surface area (Å²) in [4.78, 5) is 4.69. The molecule has 0 amide bonds. The molecule has 6 heteroatoms. The number of aromatic nitrogens is 4. The Labute approximate surface area is 278 Å². The molecule has 0 unspecified atom stereocenters. The Morgan fingerprint density at radius 2 is 1.53 bits per heavy atom. The number of nitrogens with zero attached hydrogens (tertiary/aromatic N) is 4. The molecule has 0 aliphatic rings. The van der Waals surface area contributed by atoms with Crippen molar-refractivity contribution >= 4 is 21.8 Å². The first-order valence-corrected chi connectivity index (χ1v) is 15.0. The molecule has 0 saturated heterocycles. The number of hydrogen-bond donors (Lipinski definition) is 0. The van der Waals surface area contributed by atoms with E-state index in [9.17, 15) is 0 Å². The molecular weight excluding hydrogens is 736 g/mol. The quantitative estimate of drug-likeness (QED) is 0.158. The summed E-state index contributed by atoms with van der Waals surface area (Å²) in [7, 11) is 0. The van der Waals surface area contributed by atoms with E-state index < -0.39 is 0 Å². The number of rotatable bonds is 6. The minimum atomic E-state index is 0. The first-order valence-electron chi connectivity index (χ1n) is 15.0. The second-order valence-electron chi connectivity index (χ2n) is 12.6. The minimum absolute atomic E-state index is 0. The third kappa shape index (κ3) is 5.97. The molecule has 7 rings (SSSR count). The molecule has 0 spiro atoms. The number of pyridine rings is 1. The first kappa shape index (κ1) is 30.6. The van der Waals surface area contributed by atoms with Crippen molar-refractivity contribution in [2.45, 2.75) is 41.0 Å². The van der Waals surface area contributed by atoms with Gasteiger partial charge in [-0.25, -0.2) is 4.98 Å². The van der Waals surface area contributed by atoms with Crippen LogP contribution in [0.3, 0.4) is 0 Å². The van der Waals surface area contributed by atoms with Crippen molar-refractivity contribution < 1.29 is 25.8 Å². The fourth-order valence-corrected chi connectivity index (χ4v) is 5.97. The predicted octanol–water partition coefficient (Wildman–Crippen LogP) is 9.63. The molecule has 0 fully saturated rings. The van der Waals surface area contributed by atoms with Crippen molar-refractivity contribution in [1.29, 1.82) is 0 Å². The van der Waals surface area contributed by atoms with Crippen LogP contribution in [0.2, 0.25) is 0 Å². The second-order valence-corrected chi connectivity index (χ2v) is 12.6.